The van der Waals surface area contributed by atoms with Crippen molar-refractivity contribution in [1.82, 2.24) is 4.98 Å². The molecule has 0 saturated heterocycles. The van der Waals surface area contributed by atoms with Gasteiger partial charge in [-0.1, -0.05) is 6.07 Å². The lowest BCUT2D eigenvalue weighted by molar-refractivity contribution is -0.137. The van der Waals surface area contributed by atoms with Crippen LogP contribution in [0, 0.1) is 5.82 Å². The molecule has 8 heteroatoms. The van der Waals surface area contributed by atoms with E-state index in [9.17, 15) is 22.4 Å². The van der Waals surface area contributed by atoms with Crippen molar-refractivity contribution in [2.24, 2.45) is 0 Å². The average Bonchev–Trinajstić information content (AvgIpc) is 2.64. The van der Waals surface area contributed by atoms with Crippen molar-refractivity contribution in [2.45, 2.75) is 12.7 Å². The van der Waals surface area contributed by atoms with Gasteiger partial charge in [0.1, 0.15) is 5.82 Å². The molecule has 0 radical (unpaired) electrons. The van der Waals surface area contributed by atoms with Crippen molar-refractivity contribution in [1.29, 1.82) is 0 Å². The van der Waals surface area contributed by atoms with Gasteiger partial charge in [0.2, 0.25) is 0 Å². The van der Waals surface area contributed by atoms with Gasteiger partial charge >= 0.3 is 12.1 Å². The third-order valence-electron chi connectivity index (χ3n) is 4.01. The number of hydrogen-bond donors (Lipinski definition) is 1. The zero-order chi connectivity index (χ0) is 19.6. The first-order valence-corrected chi connectivity index (χ1v) is 7.86. The summed E-state index contributed by atoms with van der Waals surface area (Å²) in [7, 11) is 1.26. The van der Waals surface area contributed by atoms with Crippen molar-refractivity contribution >= 4 is 22.4 Å². The molecule has 0 saturated carbocycles. The molecule has 0 atom stereocenters. The van der Waals surface area contributed by atoms with Crippen LogP contribution in [-0.2, 0) is 17.5 Å². The Hall–Kier alpha value is -3.16. The predicted molar refractivity (Wildman–Crippen MR) is 91.8 cm³/mol. The number of esters is 1. The normalized spacial score (nSPS) is 11.4. The second-order valence-electron chi connectivity index (χ2n) is 5.74. The molecule has 0 bridgehead atoms. The number of rotatable bonds is 4. The molecule has 0 aliphatic rings. The predicted octanol–water partition coefficient (Wildman–Crippen LogP) is 4.79. The lowest BCUT2D eigenvalue weighted by Gasteiger charge is -2.11. The minimum absolute atomic E-state index is 0.00438. The highest BCUT2D eigenvalue weighted by Gasteiger charge is 2.31. The SMILES string of the molecule is COC(=O)c1nccc2cc(NCc3ccc(C(F)(F)F)cc3F)ccc12. The van der Waals surface area contributed by atoms with Gasteiger partial charge in [-0.25, -0.2) is 14.2 Å². The maximum atomic E-state index is 13.9. The standard InChI is InChI=1S/C19H14F4N2O2/c1-27-18(26)17-15-5-4-14(8-11(15)6-7-24-17)25-10-12-2-3-13(9-16(12)20)19(21,22)23/h2-9,25H,10H2,1H3. The molecule has 140 valence electrons. The number of aromatic nitrogens is 1. The molecule has 3 aromatic rings. The van der Waals surface area contributed by atoms with Crippen molar-refractivity contribution < 1.29 is 27.1 Å². The van der Waals surface area contributed by atoms with Crippen LogP contribution in [0.2, 0.25) is 0 Å². The van der Waals surface area contributed by atoms with E-state index in [2.05, 4.69) is 15.0 Å². The number of carbonyl (C=O) groups is 1. The van der Waals surface area contributed by atoms with E-state index in [1.54, 1.807) is 24.3 Å². The van der Waals surface area contributed by atoms with Gasteiger partial charge in [-0.05, 0) is 41.8 Å². The number of ether oxygens (including phenoxy) is 1. The summed E-state index contributed by atoms with van der Waals surface area (Å²) in [5.74, 6) is -1.50. The summed E-state index contributed by atoms with van der Waals surface area (Å²) in [6.07, 6.45) is -3.12. The number of fused-ring (bicyclic) bond motifs is 1. The van der Waals surface area contributed by atoms with Crippen LogP contribution in [0.3, 0.4) is 0 Å². The Labute approximate surface area is 151 Å². The monoisotopic (exact) mass is 378 g/mol. The van der Waals surface area contributed by atoms with Crippen molar-refractivity contribution in [3.8, 4) is 0 Å². The molecule has 0 aliphatic heterocycles. The van der Waals surface area contributed by atoms with Crippen LogP contribution in [-0.4, -0.2) is 18.1 Å². The number of methoxy groups -OCH3 is 1. The van der Waals surface area contributed by atoms with Crippen LogP contribution < -0.4 is 5.32 Å². The number of benzene rings is 2. The second kappa shape index (κ2) is 7.22. The summed E-state index contributed by atoms with van der Waals surface area (Å²) in [6, 6.07) is 9.18. The number of alkyl halides is 3. The number of hydrogen-bond acceptors (Lipinski definition) is 4. The first-order valence-electron chi connectivity index (χ1n) is 7.86. The minimum Gasteiger partial charge on any atom is -0.464 e. The fourth-order valence-electron chi connectivity index (χ4n) is 2.61. The van der Waals surface area contributed by atoms with Crippen LogP contribution >= 0.6 is 0 Å². The van der Waals surface area contributed by atoms with Gasteiger partial charge < -0.3 is 10.1 Å². The first kappa shape index (κ1) is 18.6. The number of pyridine rings is 1. The number of carbonyl (C=O) groups excluding carboxylic acids is 1. The average molecular weight is 378 g/mol. The Morgan fingerprint density at radius 1 is 1.15 bits per heavy atom. The largest absolute Gasteiger partial charge is 0.464 e. The van der Waals surface area contributed by atoms with Crippen LogP contribution in [0.5, 0.6) is 0 Å². The minimum atomic E-state index is -4.59. The fraction of sp³-hybridized carbons (Fsp3) is 0.158. The number of nitrogens with zero attached hydrogens (tertiary/aromatic N) is 1. The Kier molecular flexibility index (Phi) is 4.98. The van der Waals surface area contributed by atoms with Crippen LogP contribution in [0.4, 0.5) is 23.2 Å². The molecule has 0 spiro atoms. The number of anilines is 1. The fourth-order valence-corrected chi connectivity index (χ4v) is 2.61. The number of nitrogens with one attached hydrogen (secondary N) is 1. The van der Waals surface area contributed by atoms with E-state index in [1.807, 2.05) is 0 Å². The second-order valence-corrected chi connectivity index (χ2v) is 5.74. The molecule has 3 rings (SSSR count). The van der Waals surface area contributed by atoms with Gasteiger partial charge in [0.15, 0.2) is 5.69 Å². The Morgan fingerprint density at radius 2 is 1.93 bits per heavy atom. The highest BCUT2D eigenvalue weighted by atomic mass is 19.4. The van der Waals surface area contributed by atoms with Crippen molar-refractivity contribution in [3.05, 3.63) is 71.3 Å². The van der Waals surface area contributed by atoms with Gasteiger partial charge in [-0.3, -0.25) is 0 Å². The third kappa shape index (κ3) is 3.99. The third-order valence-corrected chi connectivity index (χ3v) is 4.01. The van der Waals surface area contributed by atoms with Gasteiger partial charge in [0.05, 0.1) is 12.7 Å². The van der Waals surface area contributed by atoms with Crippen molar-refractivity contribution in [3.63, 3.8) is 0 Å². The highest BCUT2D eigenvalue weighted by molar-refractivity contribution is 6.03. The van der Waals surface area contributed by atoms with E-state index in [1.165, 1.54) is 13.3 Å². The van der Waals surface area contributed by atoms with E-state index in [0.29, 0.717) is 22.5 Å². The smallest absolute Gasteiger partial charge is 0.416 e. The van der Waals surface area contributed by atoms with Crippen molar-refractivity contribution in [2.75, 3.05) is 12.4 Å². The lowest BCUT2D eigenvalue weighted by Crippen LogP contribution is -2.08. The maximum Gasteiger partial charge on any atom is 0.416 e. The van der Waals surface area contributed by atoms with Crippen LogP contribution in [0.25, 0.3) is 10.8 Å². The van der Waals surface area contributed by atoms with Gasteiger partial charge in [-0.15, -0.1) is 0 Å². The molecule has 0 amide bonds. The quantitative estimate of drug-likeness (QED) is 0.524. The Balaban J connectivity index is 1.81. The number of halogens is 4. The zero-order valence-electron chi connectivity index (χ0n) is 14.1. The van der Waals surface area contributed by atoms with E-state index < -0.39 is 23.5 Å². The lowest BCUT2D eigenvalue weighted by atomic mass is 10.1. The molecular weight excluding hydrogens is 364 g/mol. The highest BCUT2D eigenvalue weighted by Crippen LogP contribution is 2.30. The molecule has 2 aromatic carbocycles. The topological polar surface area (TPSA) is 51.2 Å². The molecule has 1 heterocycles. The van der Waals surface area contributed by atoms with Gasteiger partial charge in [-0.2, -0.15) is 13.2 Å². The summed E-state index contributed by atoms with van der Waals surface area (Å²) in [5, 5.41) is 4.26. The van der Waals surface area contributed by atoms with E-state index in [4.69, 9.17) is 0 Å². The maximum absolute atomic E-state index is 13.9. The molecule has 1 aromatic heterocycles. The zero-order valence-corrected chi connectivity index (χ0v) is 14.1. The van der Waals surface area contributed by atoms with E-state index in [-0.39, 0.29) is 17.8 Å². The summed E-state index contributed by atoms with van der Waals surface area (Å²) in [4.78, 5) is 15.7. The van der Waals surface area contributed by atoms with Crippen LogP contribution in [0.1, 0.15) is 21.6 Å². The Bertz CT molecular complexity index is 1000. The van der Waals surface area contributed by atoms with Gasteiger partial charge in [0.25, 0.3) is 0 Å². The first-order chi connectivity index (χ1) is 12.8. The molecule has 0 aliphatic carbocycles. The van der Waals surface area contributed by atoms with E-state index >= 15 is 0 Å². The molecule has 4 nitrogen and oxygen atoms in total. The summed E-state index contributed by atoms with van der Waals surface area (Å²) in [6.45, 7) is 0.00438. The molecule has 27 heavy (non-hydrogen) atoms. The molecular formula is C19H14F4N2O2. The van der Waals surface area contributed by atoms with Crippen LogP contribution in [0.15, 0.2) is 48.7 Å². The Morgan fingerprint density at radius 3 is 2.59 bits per heavy atom. The van der Waals surface area contributed by atoms with Gasteiger partial charge in [0, 0.05) is 29.4 Å². The van der Waals surface area contributed by atoms with E-state index in [0.717, 1.165) is 12.1 Å². The summed E-state index contributed by atoms with van der Waals surface area (Å²) < 4.78 is 56.4. The molecule has 1 N–H and O–H groups in total. The summed E-state index contributed by atoms with van der Waals surface area (Å²) >= 11 is 0. The summed E-state index contributed by atoms with van der Waals surface area (Å²) in [5.41, 5.74) is -0.135. The molecule has 0 unspecified atom stereocenters. The molecule has 0 fully saturated rings.